The van der Waals surface area contributed by atoms with Crippen molar-refractivity contribution >= 4 is 23.7 Å². The Bertz CT molecular complexity index is 1080. The molecule has 0 radical (unpaired) electrons. The van der Waals surface area contributed by atoms with E-state index in [2.05, 4.69) is 17.4 Å². The fraction of sp³-hybridized carbons (Fsp3) is 0.200. The van der Waals surface area contributed by atoms with Crippen LogP contribution in [0.15, 0.2) is 72.8 Å². The van der Waals surface area contributed by atoms with Crippen molar-refractivity contribution in [2.24, 2.45) is 0 Å². The quantitative estimate of drug-likeness (QED) is 0.530. The molecular formula is C25H22ClNO4. The van der Waals surface area contributed by atoms with Crippen molar-refractivity contribution in [1.29, 1.82) is 0 Å². The first-order chi connectivity index (χ1) is 15.0. The van der Waals surface area contributed by atoms with E-state index in [9.17, 15) is 14.7 Å². The van der Waals surface area contributed by atoms with Crippen molar-refractivity contribution in [2.75, 3.05) is 6.61 Å². The Labute approximate surface area is 185 Å². The molecule has 1 aliphatic rings. The van der Waals surface area contributed by atoms with Crippen molar-refractivity contribution in [2.45, 2.75) is 24.8 Å². The Kier molecular flexibility index (Phi) is 5.70. The predicted octanol–water partition coefficient (Wildman–Crippen LogP) is 5.57. The average molecular weight is 436 g/mol. The highest BCUT2D eigenvalue weighted by atomic mass is 35.5. The first-order valence-electron chi connectivity index (χ1n) is 10.1. The fourth-order valence-corrected chi connectivity index (χ4v) is 4.36. The van der Waals surface area contributed by atoms with Crippen molar-refractivity contribution < 1.29 is 19.4 Å². The van der Waals surface area contributed by atoms with Gasteiger partial charge in [-0.1, -0.05) is 79.2 Å². The molecule has 5 nitrogen and oxygen atoms in total. The van der Waals surface area contributed by atoms with Gasteiger partial charge in [0.2, 0.25) is 0 Å². The third-order valence-corrected chi connectivity index (χ3v) is 6.14. The molecule has 0 aromatic heterocycles. The molecule has 0 saturated carbocycles. The molecule has 31 heavy (non-hydrogen) atoms. The molecule has 0 spiro atoms. The fourth-order valence-electron chi connectivity index (χ4n) is 4.24. The summed E-state index contributed by atoms with van der Waals surface area (Å²) in [6.07, 6.45) is -0.630. The molecule has 1 aliphatic carbocycles. The number of hydrogen-bond donors (Lipinski definition) is 2. The van der Waals surface area contributed by atoms with Gasteiger partial charge in [-0.3, -0.25) is 0 Å². The SMILES string of the molecule is CCC(NC(=O)OCC1c2ccccc2-c2ccccc21)(C(=O)O)c1ccc(Cl)cc1. The molecule has 6 heteroatoms. The zero-order valence-electron chi connectivity index (χ0n) is 17.0. The third-order valence-electron chi connectivity index (χ3n) is 5.89. The second-order valence-electron chi connectivity index (χ2n) is 7.52. The van der Waals surface area contributed by atoms with Crippen LogP contribution < -0.4 is 5.32 Å². The average Bonchev–Trinajstić information content (AvgIpc) is 3.10. The molecule has 0 heterocycles. The van der Waals surface area contributed by atoms with Crippen LogP contribution in [0.1, 0.15) is 36.0 Å². The molecule has 0 saturated heterocycles. The zero-order valence-corrected chi connectivity index (χ0v) is 17.7. The molecule has 0 bridgehead atoms. The van der Waals surface area contributed by atoms with Crippen LogP contribution in [0.4, 0.5) is 4.79 Å². The molecule has 0 fully saturated rings. The second kappa shape index (κ2) is 8.44. The van der Waals surface area contributed by atoms with Gasteiger partial charge < -0.3 is 15.2 Å². The van der Waals surface area contributed by atoms with Gasteiger partial charge in [0.05, 0.1) is 0 Å². The highest BCUT2D eigenvalue weighted by Crippen LogP contribution is 2.44. The molecule has 3 aromatic rings. The van der Waals surface area contributed by atoms with Gasteiger partial charge in [0.15, 0.2) is 5.54 Å². The molecule has 4 rings (SSSR count). The topological polar surface area (TPSA) is 75.6 Å². The van der Waals surface area contributed by atoms with Gasteiger partial charge in [0, 0.05) is 10.9 Å². The van der Waals surface area contributed by atoms with E-state index in [0.29, 0.717) is 10.6 Å². The van der Waals surface area contributed by atoms with Crippen molar-refractivity contribution in [3.63, 3.8) is 0 Å². The summed E-state index contributed by atoms with van der Waals surface area (Å²) in [4.78, 5) is 24.9. The summed E-state index contributed by atoms with van der Waals surface area (Å²) >= 11 is 5.94. The Morgan fingerprint density at radius 1 is 0.968 bits per heavy atom. The lowest BCUT2D eigenvalue weighted by Gasteiger charge is -2.29. The van der Waals surface area contributed by atoms with Crippen LogP contribution in [-0.2, 0) is 15.1 Å². The van der Waals surface area contributed by atoms with Crippen LogP contribution in [0.25, 0.3) is 11.1 Å². The van der Waals surface area contributed by atoms with Gasteiger partial charge in [0.1, 0.15) is 6.61 Å². The maximum atomic E-state index is 12.7. The minimum Gasteiger partial charge on any atom is -0.479 e. The van der Waals surface area contributed by atoms with Crippen molar-refractivity contribution in [1.82, 2.24) is 5.32 Å². The number of aliphatic carboxylic acids is 1. The normalized spacial score (nSPS) is 14.3. The van der Waals surface area contributed by atoms with Gasteiger partial charge in [0.25, 0.3) is 0 Å². The highest BCUT2D eigenvalue weighted by Gasteiger charge is 2.41. The highest BCUT2D eigenvalue weighted by molar-refractivity contribution is 6.30. The summed E-state index contributed by atoms with van der Waals surface area (Å²) < 4.78 is 5.55. The molecule has 2 N–H and O–H groups in total. The number of carbonyl (C=O) groups is 2. The van der Waals surface area contributed by atoms with Gasteiger partial charge >= 0.3 is 12.1 Å². The molecular weight excluding hydrogens is 414 g/mol. The summed E-state index contributed by atoms with van der Waals surface area (Å²) in [5.41, 5.74) is 3.26. The van der Waals surface area contributed by atoms with Crippen LogP contribution in [0.3, 0.4) is 0 Å². The molecule has 0 aliphatic heterocycles. The molecule has 1 unspecified atom stereocenters. The lowest BCUT2D eigenvalue weighted by Crippen LogP contribution is -2.51. The van der Waals surface area contributed by atoms with Crippen LogP contribution in [-0.4, -0.2) is 23.8 Å². The number of fused-ring (bicyclic) bond motifs is 3. The molecule has 1 atom stereocenters. The largest absolute Gasteiger partial charge is 0.479 e. The minimum absolute atomic E-state index is 0.102. The summed E-state index contributed by atoms with van der Waals surface area (Å²) in [6, 6.07) is 22.5. The van der Waals surface area contributed by atoms with Crippen LogP contribution in [0, 0.1) is 0 Å². The predicted molar refractivity (Wildman–Crippen MR) is 119 cm³/mol. The maximum Gasteiger partial charge on any atom is 0.408 e. The Balaban J connectivity index is 1.55. The second-order valence-corrected chi connectivity index (χ2v) is 7.96. The molecule has 1 amide bonds. The van der Waals surface area contributed by atoms with E-state index in [1.807, 2.05) is 36.4 Å². The number of alkyl carbamates (subject to hydrolysis) is 1. The van der Waals surface area contributed by atoms with Crippen molar-refractivity contribution in [3.05, 3.63) is 94.5 Å². The van der Waals surface area contributed by atoms with E-state index in [0.717, 1.165) is 22.3 Å². The first kappa shape index (κ1) is 20.9. The summed E-state index contributed by atoms with van der Waals surface area (Å²) in [7, 11) is 0. The van der Waals surface area contributed by atoms with E-state index in [1.54, 1.807) is 31.2 Å². The number of benzene rings is 3. The Hall–Kier alpha value is -3.31. The number of ether oxygens (including phenoxy) is 1. The number of carbonyl (C=O) groups excluding carboxylic acids is 1. The smallest absolute Gasteiger partial charge is 0.408 e. The van der Waals surface area contributed by atoms with E-state index < -0.39 is 17.6 Å². The van der Waals surface area contributed by atoms with Crippen molar-refractivity contribution in [3.8, 4) is 11.1 Å². The Morgan fingerprint density at radius 2 is 1.52 bits per heavy atom. The molecule has 3 aromatic carbocycles. The summed E-state index contributed by atoms with van der Waals surface area (Å²) in [5, 5.41) is 13.0. The molecule has 158 valence electrons. The number of amides is 1. The van der Waals surface area contributed by atoms with E-state index in [4.69, 9.17) is 16.3 Å². The van der Waals surface area contributed by atoms with Crippen LogP contribution >= 0.6 is 11.6 Å². The number of rotatable bonds is 6. The lowest BCUT2D eigenvalue weighted by molar-refractivity contribution is -0.145. The number of carboxylic acids is 1. The number of halogens is 1. The minimum atomic E-state index is -1.60. The summed E-state index contributed by atoms with van der Waals surface area (Å²) in [5.74, 6) is -1.26. The van der Waals surface area contributed by atoms with Crippen LogP contribution in [0.2, 0.25) is 5.02 Å². The Morgan fingerprint density at radius 3 is 2.03 bits per heavy atom. The zero-order chi connectivity index (χ0) is 22.0. The lowest BCUT2D eigenvalue weighted by atomic mass is 9.87. The van der Waals surface area contributed by atoms with Crippen LogP contribution in [0.5, 0.6) is 0 Å². The standard InChI is InChI=1S/C25H22ClNO4/c1-2-25(23(28)29,16-11-13-17(26)14-12-16)27-24(30)31-15-22-20-9-5-3-7-18(20)19-8-4-6-10-21(19)22/h3-14,22H,2,15H2,1H3,(H,27,30)(H,28,29). The first-order valence-corrected chi connectivity index (χ1v) is 10.5. The van der Waals surface area contributed by atoms with Gasteiger partial charge in [-0.2, -0.15) is 0 Å². The summed E-state index contributed by atoms with van der Waals surface area (Å²) in [6.45, 7) is 1.81. The van der Waals surface area contributed by atoms with Gasteiger partial charge in [-0.05, 0) is 46.4 Å². The number of carboxylic acid groups (broad SMARTS) is 1. The van der Waals surface area contributed by atoms with E-state index >= 15 is 0 Å². The maximum absolute atomic E-state index is 12.7. The monoisotopic (exact) mass is 435 g/mol. The third kappa shape index (κ3) is 3.77. The number of hydrogen-bond acceptors (Lipinski definition) is 3. The van der Waals surface area contributed by atoms with Gasteiger partial charge in [-0.25, -0.2) is 9.59 Å². The number of nitrogens with one attached hydrogen (secondary N) is 1. The van der Waals surface area contributed by atoms with Gasteiger partial charge in [-0.15, -0.1) is 0 Å². The van der Waals surface area contributed by atoms with E-state index in [1.165, 1.54) is 0 Å². The van der Waals surface area contributed by atoms with E-state index in [-0.39, 0.29) is 18.9 Å².